The van der Waals surface area contributed by atoms with Gasteiger partial charge in [0.05, 0.1) is 33.3 Å². The van der Waals surface area contributed by atoms with Gasteiger partial charge in [-0.3, -0.25) is 0 Å². The number of aromatic nitrogens is 4. The molecule has 4 nitrogen and oxygen atoms in total. The lowest BCUT2D eigenvalue weighted by Crippen LogP contribution is -1.97. The number of rotatable bonds is 6. The van der Waals surface area contributed by atoms with Gasteiger partial charge in [-0.05, 0) is 82.2 Å². The fraction of sp³-hybridized carbons (Fsp3) is 0. The van der Waals surface area contributed by atoms with Crippen LogP contribution >= 0.6 is 0 Å². The molecule has 13 aromatic rings. The summed E-state index contributed by atoms with van der Waals surface area (Å²) in [4.78, 5) is 10.6. The van der Waals surface area contributed by atoms with Crippen LogP contribution in [-0.4, -0.2) is 19.1 Å². The predicted molar refractivity (Wildman–Crippen MR) is 267 cm³/mol. The van der Waals surface area contributed by atoms with E-state index in [1.165, 1.54) is 49.3 Å². The van der Waals surface area contributed by atoms with Crippen molar-refractivity contribution in [3.63, 3.8) is 0 Å². The average Bonchev–Trinajstić information content (AvgIpc) is 3.90. The second-order valence-corrected chi connectivity index (χ2v) is 16.5. The van der Waals surface area contributed by atoms with Gasteiger partial charge in [-0.1, -0.05) is 176 Å². The highest BCUT2D eigenvalue weighted by Crippen LogP contribution is 2.44. The molecule has 0 aliphatic rings. The molecule has 64 heavy (non-hydrogen) atoms. The van der Waals surface area contributed by atoms with Gasteiger partial charge >= 0.3 is 0 Å². The molecule has 0 aliphatic carbocycles. The maximum Gasteiger partial charge on any atom is 0.160 e. The lowest BCUT2D eigenvalue weighted by molar-refractivity contribution is 1.18. The van der Waals surface area contributed by atoms with Crippen molar-refractivity contribution >= 4 is 65.3 Å². The van der Waals surface area contributed by atoms with Crippen molar-refractivity contribution in [2.75, 3.05) is 0 Å². The van der Waals surface area contributed by atoms with Crippen LogP contribution in [0.5, 0.6) is 0 Å². The number of para-hydroxylation sites is 3. The molecule has 0 spiro atoms. The number of hydrogen-bond acceptors (Lipinski definition) is 2. The fourth-order valence-corrected chi connectivity index (χ4v) is 10.0. The SMILES string of the molecule is c1ccc(-c2ccc(-c3nc(-c4ccc(-n5c6ccccc6c6c(-c7cccc8c7c7ccccc7n8-c7ccccc7)cccc65)cc4)c4ccc5ccccc5c4n3)cc2)cc1. The van der Waals surface area contributed by atoms with Gasteiger partial charge in [-0.25, -0.2) is 9.97 Å². The minimum Gasteiger partial charge on any atom is -0.309 e. The number of hydrogen-bond donors (Lipinski definition) is 0. The van der Waals surface area contributed by atoms with Crippen LogP contribution in [0.4, 0.5) is 0 Å². The molecule has 13 rings (SSSR count). The number of nitrogens with zero attached hydrogens (tertiary/aromatic N) is 4. The van der Waals surface area contributed by atoms with Gasteiger partial charge in [0.15, 0.2) is 5.82 Å². The molecule has 0 amide bonds. The Bertz CT molecular complexity index is 3920. The molecule has 10 aromatic carbocycles. The Labute approximate surface area is 369 Å². The first-order chi connectivity index (χ1) is 31.8. The maximum absolute atomic E-state index is 5.34. The Morgan fingerprint density at radius 3 is 1.41 bits per heavy atom. The van der Waals surface area contributed by atoms with Crippen molar-refractivity contribution in [3.05, 3.63) is 231 Å². The lowest BCUT2D eigenvalue weighted by atomic mass is 9.95. The third kappa shape index (κ3) is 5.63. The second-order valence-electron chi connectivity index (χ2n) is 16.5. The van der Waals surface area contributed by atoms with Crippen molar-refractivity contribution in [3.8, 4) is 56.3 Å². The molecule has 0 unspecified atom stereocenters. The molecule has 0 N–H and O–H groups in total. The molecule has 3 heterocycles. The van der Waals surface area contributed by atoms with Gasteiger partial charge in [-0.2, -0.15) is 0 Å². The molecule has 4 heteroatoms. The molecule has 0 atom stereocenters. The first kappa shape index (κ1) is 36.1. The molecule has 3 aromatic heterocycles. The van der Waals surface area contributed by atoms with E-state index in [-0.39, 0.29) is 0 Å². The van der Waals surface area contributed by atoms with Crippen LogP contribution in [-0.2, 0) is 0 Å². The number of fused-ring (bicyclic) bond motifs is 9. The van der Waals surface area contributed by atoms with Crippen LogP contribution in [0.3, 0.4) is 0 Å². The summed E-state index contributed by atoms with van der Waals surface area (Å²) in [5.41, 5.74) is 15.6. The fourth-order valence-electron chi connectivity index (χ4n) is 10.0. The molecular weight excluding hydrogens is 777 g/mol. The Morgan fingerprint density at radius 2 is 0.766 bits per heavy atom. The normalized spacial score (nSPS) is 11.8. The summed E-state index contributed by atoms with van der Waals surface area (Å²) in [6, 6.07) is 82.7. The molecule has 0 aliphatic heterocycles. The summed E-state index contributed by atoms with van der Waals surface area (Å²) >= 11 is 0. The molecule has 0 radical (unpaired) electrons. The topological polar surface area (TPSA) is 35.6 Å². The van der Waals surface area contributed by atoms with E-state index in [1.807, 2.05) is 6.07 Å². The third-order valence-corrected chi connectivity index (χ3v) is 12.9. The van der Waals surface area contributed by atoms with E-state index in [1.54, 1.807) is 0 Å². The minimum absolute atomic E-state index is 0.708. The smallest absolute Gasteiger partial charge is 0.160 e. The van der Waals surface area contributed by atoms with E-state index in [2.05, 4.69) is 234 Å². The Morgan fingerprint density at radius 1 is 0.281 bits per heavy atom. The first-order valence-corrected chi connectivity index (χ1v) is 21.8. The summed E-state index contributed by atoms with van der Waals surface area (Å²) in [7, 11) is 0. The van der Waals surface area contributed by atoms with E-state index in [4.69, 9.17) is 9.97 Å². The van der Waals surface area contributed by atoms with Gasteiger partial charge in [0.1, 0.15) is 0 Å². The maximum atomic E-state index is 5.34. The first-order valence-electron chi connectivity index (χ1n) is 21.8. The quantitative estimate of drug-likeness (QED) is 0.157. The van der Waals surface area contributed by atoms with Crippen LogP contribution in [0.15, 0.2) is 231 Å². The molecule has 0 saturated carbocycles. The van der Waals surface area contributed by atoms with Crippen molar-refractivity contribution in [2.24, 2.45) is 0 Å². The summed E-state index contributed by atoms with van der Waals surface area (Å²) in [6.07, 6.45) is 0. The van der Waals surface area contributed by atoms with Gasteiger partial charge < -0.3 is 9.13 Å². The van der Waals surface area contributed by atoms with Crippen LogP contribution in [0.1, 0.15) is 0 Å². The predicted octanol–water partition coefficient (Wildman–Crippen LogP) is 15.6. The molecule has 0 fully saturated rings. The van der Waals surface area contributed by atoms with Gasteiger partial charge in [-0.15, -0.1) is 0 Å². The van der Waals surface area contributed by atoms with E-state index in [0.717, 1.165) is 66.5 Å². The van der Waals surface area contributed by atoms with Crippen LogP contribution in [0.2, 0.25) is 0 Å². The Hall–Kier alpha value is -8.60. The molecule has 0 saturated heterocycles. The third-order valence-electron chi connectivity index (χ3n) is 12.9. The van der Waals surface area contributed by atoms with E-state index >= 15 is 0 Å². The largest absolute Gasteiger partial charge is 0.309 e. The summed E-state index contributed by atoms with van der Waals surface area (Å²) in [5.74, 6) is 0.708. The zero-order valence-corrected chi connectivity index (χ0v) is 34.7. The van der Waals surface area contributed by atoms with E-state index < -0.39 is 0 Å². The van der Waals surface area contributed by atoms with E-state index in [9.17, 15) is 0 Å². The molecular formula is C60H38N4. The summed E-state index contributed by atoms with van der Waals surface area (Å²) in [5, 5.41) is 8.26. The van der Waals surface area contributed by atoms with Crippen molar-refractivity contribution in [1.29, 1.82) is 0 Å². The van der Waals surface area contributed by atoms with Crippen LogP contribution in [0, 0.1) is 0 Å². The average molecular weight is 815 g/mol. The van der Waals surface area contributed by atoms with Crippen molar-refractivity contribution < 1.29 is 0 Å². The molecule has 0 bridgehead atoms. The highest BCUT2D eigenvalue weighted by molar-refractivity contribution is 6.22. The zero-order valence-electron chi connectivity index (χ0n) is 34.7. The zero-order chi connectivity index (χ0) is 42.1. The molecule has 298 valence electrons. The van der Waals surface area contributed by atoms with Crippen LogP contribution in [0.25, 0.3) is 122 Å². The van der Waals surface area contributed by atoms with Gasteiger partial charge in [0.25, 0.3) is 0 Å². The standard InChI is InChI=1S/C60H38N4/c1-3-15-39(16-4-1)40-29-31-43(32-30-40)60-61-58(51-38-35-41-17-7-8-20-46(41)59(51)62-60)42-33-36-45(37-34-42)64-53-26-12-10-22-50(53)57-48(24-14-28-55(57)64)47-23-13-27-54-56(47)49-21-9-11-25-52(49)63(54)44-18-5-2-6-19-44/h1-38H. The van der Waals surface area contributed by atoms with Crippen LogP contribution < -0.4 is 0 Å². The Kier molecular flexibility index (Phi) is 8.18. The Balaban J connectivity index is 0.972. The minimum atomic E-state index is 0.708. The highest BCUT2D eigenvalue weighted by Gasteiger charge is 2.21. The van der Waals surface area contributed by atoms with Crippen molar-refractivity contribution in [1.82, 2.24) is 19.1 Å². The highest BCUT2D eigenvalue weighted by atomic mass is 15.0. The van der Waals surface area contributed by atoms with E-state index in [0.29, 0.717) is 5.82 Å². The summed E-state index contributed by atoms with van der Waals surface area (Å²) in [6.45, 7) is 0. The second kappa shape index (κ2) is 14.5. The summed E-state index contributed by atoms with van der Waals surface area (Å²) < 4.78 is 4.81. The van der Waals surface area contributed by atoms with Gasteiger partial charge in [0, 0.05) is 54.8 Å². The van der Waals surface area contributed by atoms with Gasteiger partial charge in [0.2, 0.25) is 0 Å². The lowest BCUT2D eigenvalue weighted by Gasteiger charge is -2.13. The van der Waals surface area contributed by atoms with Crippen molar-refractivity contribution in [2.45, 2.75) is 0 Å². The number of benzene rings is 10. The monoisotopic (exact) mass is 814 g/mol.